The van der Waals surface area contributed by atoms with Gasteiger partial charge in [0.05, 0.1) is 0 Å². The second-order valence-electron chi connectivity index (χ2n) is 3.24. The first-order valence-corrected chi connectivity index (χ1v) is 9.40. The predicted octanol–water partition coefficient (Wildman–Crippen LogP) is 1.89. The third-order valence-corrected chi connectivity index (χ3v) is 6.13. The van der Waals surface area contributed by atoms with Crippen molar-refractivity contribution in [2.75, 3.05) is 0 Å². The molecule has 9 heavy (non-hydrogen) atoms. The lowest BCUT2D eigenvalue weighted by Gasteiger charge is -1.99. The van der Waals surface area contributed by atoms with Gasteiger partial charge < -0.3 is 0 Å². The molecular weight excluding hydrogens is 140 g/mol. The van der Waals surface area contributed by atoms with E-state index in [2.05, 4.69) is 20.0 Å². The summed E-state index contributed by atoms with van der Waals surface area (Å²) in [7, 11) is 0.225. The molecule has 0 amide bonds. The normalized spacial score (nSPS) is 12.0. The lowest BCUT2D eigenvalue weighted by atomic mass is 10.6. The Morgan fingerprint density at radius 1 is 1.22 bits per heavy atom. The van der Waals surface area contributed by atoms with Crippen molar-refractivity contribution >= 4 is 18.3 Å². The first-order chi connectivity index (χ1) is 4.27. The molecule has 0 aliphatic carbocycles. The average molecular weight is 160 g/mol. The molecule has 0 saturated carbocycles. The monoisotopic (exact) mass is 160 g/mol. The SMILES string of the molecule is CCC[SiH2]CC[SiH](C)C. The maximum atomic E-state index is 2.46. The molecule has 56 valence electrons. The molecule has 0 spiro atoms. The number of rotatable bonds is 5. The summed E-state index contributed by atoms with van der Waals surface area (Å²) in [5, 5.41) is 0. The van der Waals surface area contributed by atoms with Gasteiger partial charge in [-0.05, 0) is 0 Å². The van der Waals surface area contributed by atoms with Gasteiger partial charge >= 0.3 is 0 Å². The van der Waals surface area contributed by atoms with Gasteiger partial charge in [0.1, 0.15) is 0 Å². The van der Waals surface area contributed by atoms with E-state index in [1.54, 1.807) is 18.1 Å². The molecule has 0 saturated heterocycles. The van der Waals surface area contributed by atoms with E-state index >= 15 is 0 Å². The van der Waals surface area contributed by atoms with Gasteiger partial charge in [-0.15, -0.1) is 0 Å². The molecule has 0 radical (unpaired) electrons. The van der Waals surface area contributed by atoms with E-state index in [0.717, 1.165) is 0 Å². The smallest absolute Gasteiger partial charge is 0.0302 e. The van der Waals surface area contributed by atoms with Crippen molar-refractivity contribution in [3.8, 4) is 0 Å². The van der Waals surface area contributed by atoms with Gasteiger partial charge in [-0.1, -0.05) is 44.6 Å². The highest BCUT2D eigenvalue weighted by atomic mass is 28.3. The van der Waals surface area contributed by atoms with Crippen molar-refractivity contribution in [1.29, 1.82) is 0 Å². The minimum Gasteiger partial charge on any atom is -0.0722 e. The van der Waals surface area contributed by atoms with E-state index in [-0.39, 0.29) is 8.80 Å². The van der Waals surface area contributed by atoms with Crippen molar-refractivity contribution < 1.29 is 0 Å². The van der Waals surface area contributed by atoms with Crippen LogP contribution in [0.2, 0.25) is 31.2 Å². The zero-order chi connectivity index (χ0) is 7.11. The molecule has 2 heteroatoms. The highest BCUT2D eigenvalue weighted by Crippen LogP contribution is 1.99. The third kappa shape index (κ3) is 8.43. The fraction of sp³-hybridized carbons (Fsp3) is 1.00. The van der Waals surface area contributed by atoms with E-state index in [1.165, 1.54) is 6.42 Å². The van der Waals surface area contributed by atoms with E-state index in [9.17, 15) is 0 Å². The van der Waals surface area contributed by atoms with Crippen LogP contribution in [0.15, 0.2) is 0 Å². The Morgan fingerprint density at radius 3 is 2.33 bits per heavy atom. The first kappa shape index (κ1) is 9.43. The zero-order valence-electron chi connectivity index (χ0n) is 7.11. The highest BCUT2D eigenvalue weighted by Gasteiger charge is 1.94. The van der Waals surface area contributed by atoms with Crippen LogP contribution in [0.4, 0.5) is 0 Å². The molecule has 0 nitrogen and oxygen atoms in total. The van der Waals surface area contributed by atoms with E-state index in [1.807, 2.05) is 0 Å². The number of hydrogen-bond donors (Lipinski definition) is 0. The molecule has 0 aromatic carbocycles. The lowest BCUT2D eigenvalue weighted by Crippen LogP contribution is -2.00. The molecule has 0 aliphatic heterocycles. The molecule has 0 bridgehead atoms. The topological polar surface area (TPSA) is 0 Å². The fourth-order valence-corrected chi connectivity index (χ4v) is 6.25. The largest absolute Gasteiger partial charge is 0.0722 e. The van der Waals surface area contributed by atoms with E-state index in [4.69, 9.17) is 0 Å². The molecule has 0 rings (SSSR count). The summed E-state index contributed by atoms with van der Waals surface area (Å²) in [4.78, 5) is 0. The van der Waals surface area contributed by atoms with Crippen molar-refractivity contribution in [2.45, 2.75) is 44.6 Å². The second kappa shape index (κ2) is 6.55. The Bertz CT molecular complexity index is 52.9. The summed E-state index contributed by atoms with van der Waals surface area (Å²) in [5.74, 6) is 0. The molecule has 0 N–H and O–H groups in total. The maximum Gasteiger partial charge on any atom is 0.0302 e. The Kier molecular flexibility index (Phi) is 6.87. The summed E-state index contributed by atoms with van der Waals surface area (Å²) >= 11 is 0. The van der Waals surface area contributed by atoms with Crippen molar-refractivity contribution in [2.24, 2.45) is 0 Å². The van der Waals surface area contributed by atoms with Crippen LogP contribution in [0.3, 0.4) is 0 Å². The van der Waals surface area contributed by atoms with Crippen molar-refractivity contribution in [3.05, 3.63) is 0 Å². The third-order valence-electron chi connectivity index (χ3n) is 1.64. The lowest BCUT2D eigenvalue weighted by molar-refractivity contribution is 1.07. The summed E-state index contributed by atoms with van der Waals surface area (Å²) in [5.41, 5.74) is 0. The highest BCUT2D eigenvalue weighted by molar-refractivity contribution is 6.57. The van der Waals surface area contributed by atoms with Crippen LogP contribution in [0.25, 0.3) is 0 Å². The van der Waals surface area contributed by atoms with Crippen LogP contribution < -0.4 is 0 Å². The summed E-state index contributed by atoms with van der Waals surface area (Å²) in [6.07, 6.45) is 1.44. The quantitative estimate of drug-likeness (QED) is 0.426. The van der Waals surface area contributed by atoms with Gasteiger partial charge in [0.2, 0.25) is 0 Å². The van der Waals surface area contributed by atoms with Gasteiger partial charge in [0.15, 0.2) is 0 Å². The van der Waals surface area contributed by atoms with Crippen molar-refractivity contribution in [3.63, 3.8) is 0 Å². The predicted molar refractivity (Wildman–Crippen MR) is 52.1 cm³/mol. The van der Waals surface area contributed by atoms with Crippen molar-refractivity contribution in [1.82, 2.24) is 0 Å². The molecule has 0 aromatic rings. The van der Waals surface area contributed by atoms with Gasteiger partial charge in [0.25, 0.3) is 0 Å². The Balaban J connectivity index is 2.75. The maximum absolute atomic E-state index is 2.46. The Hall–Kier alpha value is 0.434. The molecule has 0 aliphatic rings. The average Bonchev–Trinajstić information content (AvgIpc) is 1.80. The summed E-state index contributed by atoms with van der Waals surface area (Å²) in [6, 6.07) is 4.84. The molecule has 0 fully saturated rings. The van der Waals surface area contributed by atoms with Crippen LogP contribution in [-0.2, 0) is 0 Å². The fourth-order valence-electron chi connectivity index (χ4n) is 0.979. The standard InChI is InChI=1S/C7H20Si2/c1-4-5-8-6-7-9(2)3/h9H,4-8H2,1-3H3. The molecule has 0 unspecified atom stereocenters. The molecule has 0 aromatic heterocycles. The number of hydrogen-bond acceptors (Lipinski definition) is 0. The van der Waals surface area contributed by atoms with Gasteiger partial charge in [-0.3, -0.25) is 0 Å². The first-order valence-electron chi connectivity index (χ1n) is 4.27. The zero-order valence-corrected chi connectivity index (χ0v) is 9.68. The summed E-state index contributed by atoms with van der Waals surface area (Å²) in [6.45, 7) is 7.22. The van der Waals surface area contributed by atoms with E-state index in [0.29, 0.717) is 9.52 Å². The minimum absolute atomic E-state index is 0.178. The molecule has 0 heterocycles. The van der Waals surface area contributed by atoms with Crippen LogP contribution in [-0.4, -0.2) is 18.3 Å². The molecule has 0 atom stereocenters. The van der Waals surface area contributed by atoms with E-state index < -0.39 is 0 Å². The molecular formula is C7H20Si2. The second-order valence-corrected chi connectivity index (χ2v) is 8.73. The minimum atomic E-state index is -0.178. The van der Waals surface area contributed by atoms with Crippen LogP contribution >= 0.6 is 0 Å². The van der Waals surface area contributed by atoms with Gasteiger partial charge in [-0.2, -0.15) is 0 Å². The van der Waals surface area contributed by atoms with Gasteiger partial charge in [0, 0.05) is 18.3 Å². The Labute approximate surface area is 63.5 Å². The summed E-state index contributed by atoms with van der Waals surface area (Å²) < 4.78 is 0. The Morgan fingerprint density at radius 2 is 1.89 bits per heavy atom. The van der Waals surface area contributed by atoms with Crippen LogP contribution in [0, 0.1) is 0 Å². The van der Waals surface area contributed by atoms with Gasteiger partial charge in [-0.25, -0.2) is 0 Å². The van der Waals surface area contributed by atoms with Crippen LogP contribution in [0.1, 0.15) is 13.3 Å². The van der Waals surface area contributed by atoms with Crippen LogP contribution in [0.5, 0.6) is 0 Å².